The van der Waals surface area contributed by atoms with E-state index in [-0.39, 0.29) is 84.7 Å². The van der Waals surface area contributed by atoms with Crippen molar-refractivity contribution < 1.29 is 0 Å². The molecule has 6 rings (SSSR count). The lowest BCUT2D eigenvalue weighted by Crippen LogP contribution is -2.77. The van der Waals surface area contributed by atoms with Crippen LogP contribution in [0.3, 0.4) is 0 Å². The maximum atomic E-state index is 3.31. The van der Waals surface area contributed by atoms with Gasteiger partial charge in [-0.05, 0) is 198 Å². The van der Waals surface area contributed by atoms with Gasteiger partial charge in [-0.1, -0.05) is 41.5 Å². The quantitative estimate of drug-likeness (QED) is 0.202. The van der Waals surface area contributed by atoms with E-state index in [0.717, 1.165) is 0 Å². The fraction of sp³-hybridized carbons (Fsp3) is 1.00. The van der Waals surface area contributed by atoms with Gasteiger partial charge in [0.25, 0.3) is 25.1 Å². The number of hydrogen-bond acceptors (Lipinski definition) is 4. The standard InChI is InChI=1S/C44H90B4N4P4/c1-35(2,3)53-45(49-37(7,8)27-23-28-38(49,9)10)55(46(53)50-39(11,12)29-24-30-40(50,13)14)56-47(51-41(15,16)31-25-32-42(51,17)18)54(36(4,5)6)48(56)52-43(19,20)33-26-34-44(52,21)22/h23-34H2,1-22H3. The Morgan fingerprint density at radius 2 is 0.446 bits per heavy atom. The van der Waals surface area contributed by atoms with E-state index in [1.54, 1.807) is 0 Å². The van der Waals surface area contributed by atoms with Crippen LogP contribution in [-0.4, -0.2) is 99.0 Å². The van der Waals surface area contributed by atoms with Gasteiger partial charge in [0.1, 0.15) is 0 Å². The Kier molecular flexibility index (Phi) is 12.4. The molecule has 6 saturated heterocycles. The highest BCUT2D eigenvalue weighted by molar-refractivity contribution is 8.95. The van der Waals surface area contributed by atoms with Crippen LogP contribution in [0.25, 0.3) is 0 Å². The van der Waals surface area contributed by atoms with Gasteiger partial charge in [0.15, 0.2) is 0 Å². The molecule has 318 valence electrons. The Hall–Kier alpha value is 1.82. The summed E-state index contributed by atoms with van der Waals surface area (Å²) in [6, 6.07) is 0. The zero-order valence-corrected chi connectivity index (χ0v) is 45.0. The summed E-state index contributed by atoms with van der Waals surface area (Å²) in [4.78, 5) is 13.2. The van der Waals surface area contributed by atoms with E-state index < -0.39 is 0 Å². The molecule has 0 spiro atoms. The average Bonchev–Trinajstić information content (AvgIpc) is 2.92. The van der Waals surface area contributed by atoms with Crippen LogP contribution >= 0.6 is 30.1 Å². The van der Waals surface area contributed by atoms with Gasteiger partial charge in [-0.15, -0.1) is 30.1 Å². The summed E-state index contributed by atoms with van der Waals surface area (Å²) in [7, 11) is -1.41. The predicted molar refractivity (Wildman–Crippen MR) is 266 cm³/mol. The van der Waals surface area contributed by atoms with E-state index in [1.165, 1.54) is 77.0 Å². The first-order valence-electron chi connectivity index (χ1n) is 23.4. The van der Waals surface area contributed by atoms with Gasteiger partial charge >= 0.3 is 0 Å². The third-order valence-corrected chi connectivity index (χ3v) is 38.0. The molecule has 0 aromatic carbocycles. The minimum absolute atomic E-state index is 0.212. The second-order valence-electron chi connectivity index (χ2n) is 26.7. The van der Waals surface area contributed by atoms with Crippen LogP contribution in [0.5, 0.6) is 0 Å². The summed E-state index contributed by atoms with van der Waals surface area (Å²) in [5, 5.41) is 0.563. The van der Waals surface area contributed by atoms with Crippen LogP contribution < -0.4 is 0 Å². The topological polar surface area (TPSA) is 13.0 Å². The molecule has 56 heavy (non-hydrogen) atoms. The molecule has 0 saturated carbocycles. The summed E-state index contributed by atoms with van der Waals surface area (Å²) in [6.07, 6.45) is 19.0. The van der Waals surface area contributed by atoms with Crippen molar-refractivity contribution in [2.75, 3.05) is 0 Å². The molecule has 0 aliphatic carbocycles. The van der Waals surface area contributed by atoms with Gasteiger partial charge in [-0.3, -0.25) is 0 Å². The third-order valence-electron chi connectivity index (χ3n) is 16.2. The second kappa shape index (κ2) is 14.7. The highest BCUT2D eigenvalue weighted by Crippen LogP contribution is 3.02. The molecular formula is C44H90B4N4P4. The van der Waals surface area contributed by atoms with Crippen molar-refractivity contribution in [1.29, 1.82) is 0 Å². The van der Waals surface area contributed by atoms with Crippen LogP contribution in [0.1, 0.15) is 229 Å². The largest absolute Gasteiger partial charge is 0.325 e. The molecule has 0 bridgehead atoms. The van der Waals surface area contributed by atoms with Crippen molar-refractivity contribution in [2.45, 2.75) is 284 Å². The van der Waals surface area contributed by atoms with E-state index >= 15 is 0 Å². The van der Waals surface area contributed by atoms with Gasteiger partial charge in [-0.2, -0.15) is 0 Å². The van der Waals surface area contributed by atoms with Crippen molar-refractivity contribution in [3.05, 3.63) is 0 Å². The van der Waals surface area contributed by atoms with Crippen molar-refractivity contribution >= 4 is 55.2 Å². The Balaban J connectivity index is 1.71. The zero-order chi connectivity index (χ0) is 42.4. The SMILES string of the molecule is CC1(C)CCCC(C)(C)N1B1P(P2B(N3C(C)(C)CCCC3(C)C)P(C(C)(C)C)B2N2C(C)(C)CCCC2(C)C)B(N2C(C)(C)CCCC2(C)C)P1C(C)(C)C. The molecule has 0 aromatic rings. The normalized spacial score (nSPS) is 35.9. The van der Waals surface area contributed by atoms with Gasteiger partial charge in [0.05, 0.1) is 0 Å². The predicted octanol–water partition coefficient (Wildman–Crippen LogP) is 14.6. The van der Waals surface area contributed by atoms with E-state index in [9.17, 15) is 0 Å². The lowest BCUT2D eigenvalue weighted by atomic mass is 9.75. The van der Waals surface area contributed by atoms with Crippen molar-refractivity contribution in [1.82, 2.24) is 19.2 Å². The minimum atomic E-state index is -0.372. The van der Waals surface area contributed by atoms with Crippen molar-refractivity contribution in [3.63, 3.8) is 0 Å². The van der Waals surface area contributed by atoms with E-state index in [0.29, 0.717) is 25.1 Å². The Morgan fingerprint density at radius 1 is 0.304 bits per heavy atom. The average molecular weight is 842 g/mol. The fourth-order valence-corrected chi connectivity index (χ4v) is 47.5. The van der Waals surface area contributed by atoms with Crippen LogP contribution in [0.4, 0.5) is 0 Å². The summed E-state index contributed by atoms with van der Waals surface area (Å²) < 4.78 is 0. The maximum absolute atomic E-state index is 3.31. The number of hydrogen-bond donors (Lipinski definition) is 0. The molecular weight excluding hydrogens is 752 g/mol. The monoisotopic (exact) mass is 843 g/mol. The third kappa shape index (κ3) is 7.89. The van der Waals surface area contributed by atoms with Gasteiger partial charge in [0.2, 0.25) is 0 Å². The molecule has 4 nitrogen and oxygen atoms in total. The Morgan fingerprint density at radius 3 is 0.571 bits per heavy atom. The number of nitrogens with zero attached hydrogens (tertiary/aromatic N) is 4. The minimum Gasteiger partial charge on any atom is -0.325 e. The highest BCUT2D eigenvalue weighted by atomic mass is 32.1. The molecule has 0 N–H and O–H groups in total. The van der Waals surface area contributed by atoms with Crippen LogP contribution in [-0.2, 0) is 0 Å². The summed E-state index contributed by atoms with van der Waals surface area (Å²) in [5.41, 5.74) is 1.70. The van der Waals surface area contributed by atoms with E-state index in [2.05, 4.69) is 172 Å². The van der Waals surface area contributed by atoms with Crippen molar-refractivity contribution in [3.8, 4) is 0 Å². The Bertz CT molecular complexity index is 1210. The highest BCUT2D eigenvalue weighted by Gasteiger charge is 2.79. The molecule has 0 unspecified atom stereocenters. The molecule has 6 fully saturated rings. The summed E-state index contributed by atoms with van der Waals surface area (Å²) in [6.45, 7) is 59.0. The van der Waals surface area contributed by atoms with E-state index in [4.69, 9.17) is 0 Å². The molecule has 0 amide bonds. The van der Waals surface area contributed by atoms with Gasteiger partial charge in [-0.25, -0.2) is 0 Å². The summed E-state index contributed by atoms with van der Waals surface area (Å²) >= 11 is 0. The second-order valence-corrected chi connectivity index (χ2v) is 40.8. The molecule has 0 atom stereocenters. The van der Waals surface area contributed by atoms with Crippen LogP contribution in [0, 0.1) is 0 Å². The molecule has 6 aliphatic heterocycles. The number of rotatable bonds is 5. The lowest BCUT2D eigenvalue weighted by molar-refractivity contribution is 0.0505. The first kappa shape index (κ1) is 47.3. The lowest BCUT2D eigenvalue weighted by Gasteiger charge is -2.77. The zero-order valence-electron chi connectivity index (χ0n) is 41.4. The molecule has 0 aromatic heterocycles. The molecule has 0 radical (unpaired) electrons. The first-order valence-corrected chi connectivity index (χ1v) is 30.0. The molecule has 6 aliphatic rings. The van der Waals surface area contributed by atoms with Crippen LogP contribution in [0.2, 0.25) is 0 Å². The molecule has 12 heteroatoms. The number of piperidine rings is 4. The Labute approximate surface area is 356 Å². The maximum Gasteiger partial charge on any atom is 0.272 e. The van der Waals surface area contributed by atoms with Crippen molar-refractivity contribution in [2.24, 2.45) is 0 Å². The van der Waals surface area contributed by atoms with Crippen LogP contribution in [0.15, 0.2) is 0 Å². The fourth-order valence-electron chi connectivity index (χ4n) is 14.2. The van der Waals surface area contributed by atoms with E-state index in [1.807, 2.05) is 0 Å². The van der Waals surface area contributed by atoms with Gasteiger partial charge in [0, 0.05) is 44.3 Å². The van der Waals surface area contributed by atoms with Gasteiger partial charge < -0.3 is 19.2 Å². The summed E-state index contributed by atoms with van der Waals surface area (Å²) in [5.74, 6) is 0. The first-order chi connectivity index (χ1) is 25.0. The smallest absolute Gasteiger partial charge is 0.272 e. The molecule has 6 heterocycles.